The van der Waals surface area contributed by atoms with Gasteiger partial charge in [0, 0.05) is 36.7 Å². The Labute approximate surface area is 148 Å². The highest BCUT2D eigenvalue weighted by atomic mass is 16.2. The second-order valence-electron chi connectivity index (χ2n) is 6.17. The topological polar surface area (TPSA) is 83.1 Å². The van der Waals surface area contributed by atoms with E-state index in [4.69, 9.17) is 0 Å². The minimum Gasteiger partial charge on any atom is -0.352 e. The molecule has 1 aromatic carbocycles. The molecule has 0 atom stereocenters. The van der Waals surface area contributed by atoms with Crippen LogP contribution in [-0.2, 0) is 6.42 Å². The van der Waals surface area contributed by atoms with Gasteiger partial charge in [0.25, 0.3) is 5.91 Å². The summed E-state index contributed by atoms with van der Waals surface area (Å²) < 4.78 is 0. The summed E-state index contributed by atoms with van der Waals surface area (Å²) in [5, 5.41) is 8.40. The molecule has 0 unspecified atom stereocenters. The van der Waals surface area contributed by atoms with Crippen molar-refractivity contribution < 1.29 is 9.59 Å². The first-order valence-electron chi connectivity index (χ1n) is 8.36. The fourth-order valence-corrected chi connectivity index (χ4v) is 2.15. The number of nitrogens with one attached hydrogen (secondary N) is 3. The maximum absolute atomic E-state index is 11.9. The number of carbonyl (C=O) groups is 2. The number of hydrogen-bond acceptors (Lipinski definition) is 3. The quantitative estimate of drug-likeness (QED) is 0.725. The second-order valence-corrected chi connectivity index (χ2v) is 6.17. The number of amides is 3. The molecule has 6 heteroatoms. The summed E-state index contributed by atoms with van der Waals surface area (Å²) in [6, 6.07) is 10.4. The molecule has 0 radical (unpaired) electrons. The molecule has 0 bridgehead atoms. The number of pyridine rings is 1. The molecule has 6 nitrogen and oxygen atoms in total. The van der Waals surface area contributed by atoms with E-state index in [0.717, 1.165) is 12.0 Å². The molecular formula is C19H24N4O2. The van der Waals surface area contributed by atoms with Crippen LogP contribution in [0.1, 0.15) is 29.8 Å². The number of hydrogen-bond donors (Lipinski definition) is 3. The van der Waals surface area contributed by atoms with E-state index in [1.165, 1.54) is 0 Å². The van der Waals surface area contributed by atoms with Crippen LogP contribution in [0.4, 0.5) is 10.5 Å². The van der Waals surface area contributed by atoms with Gasteiger partial charge in [-0.15, -0.1) is 0 Å². The number of urea groups is 1. The number of nitrogens with zero attached hydrogens (tertiary/aromatic N) is 1. The lowest BCUT2D eigenvalue weighted by atomic mass is 10.1. The van der Waals surface area contributed by atoms with Gasteiger partial charge in [0.2, 0.25) is 0 Å². The van der Waals surface area contributed by atoms with Gasteiger partial charge >= 0.3 is 6.03 Å². The van der Waals surface area contributed by atoms with Crippen molar-refractivity contribution in [2.24, 2.45) is 5.92 Å². The van der Waals surface area contributed by atoms with Crippen molar-refractivity contribution >= 4 is 17.6 Å². The van der Waals surface area contributed by atoms with Gasteiger partial charge in [0.1, 0.15) is 0 Å². The first-order valence-corrected chi connectivity index (χ1v) is 8.36. The summed E-state index contributed by atoms with van der Waals surface area (Å²) in [5.41, 5.74) is 2.28. The molecule has 0 aliphatic carbocycles. The second kappa shape index (κ2) is 9.42. The molecular weight excluding hydrogens is 316 g/mol. The Morgan fingerprint density at radius 3 is 2.48 bits per heavy atom. The summed E-state index contributed by atoms with van der Waals surface area (Å²) >= 11 is 0. The lowest BCUT2D eigenvalue weighted by Gasteiger charge is -2.10. The average molecular weight is 340 g/mol. The Kier molecular flexibility index (Phi) is 6.95. The highest BCUT2D eigenvalue weighted by Gasteiger charge is 2.07. The van der Waals surface area contributed by atoms with Crippen molar-refractivity contribution in [1.29, 1.82) is 0 Å². The standard InChI is InChI=1S/C19H24N4O2/c1-14(2)12-22-18(24)16-5-7-17(8-6-16)23-19(25)21-11-9-15-4-3-10-20-13-15/h3-8,10,13-14H,9,11-12H2,1-2H3,(H,22,24)(H2,21,23,25). The summed E-state index contributed by atoms with van der Waals surface area (Å²) in [6.07, 6.45) is 4.22. The van der Waals surface area contributed by atoms with Gasteiger partial charge in [-0.05, 0) is 48.2 Å². The highest BCUT2D eigenvalue weighted by molar-refractivity contribution is 5.95. The zero-order valence-electron chi connectivity index (χ0n) is 14.6. The maximum Gasteiger partial charge on any atom is 0.319 e. The smallest absolute Gasteiger partial charge is 0.319 e. The Morgan fingerprint density at radius 2 is 1.84 bits per heavy atom. The normalized spacial score (nSPS) is 10.4. The predicted molar refractivity (Wildman–Crippen MR) is 98.6 cm³/mol. The van der Waals surface area contributed by atoms with Gasteiger partial charge in [0.15, 0.2) is 0 Å². The molecule has 0 fully saturated rings. The van der Waals surface area contributed by atoms with E-state index in [1.807, 2.05) is 26.0 Å². The summed E-state index contributed by atoms with van der Waals surface area (Å²) in [5.74, 6) is 0.293. The van der Waals surface area contributed by atoms with Gasteiger partial charge in [0.05, 0.1) is 0 Å². The van der Waals surface area contributed by atoms with Crippen LogP contribution in [-0.4, -0.2) is 30.0 Å². The molecule has 0 spiro atoms. The Hall–Kier alpha value is -2.89. The van der Waals surface area contributed by atoms with Gasteiger partial charge in [-0.3, -0.25) is 9.78 Å². The highest BCUT2D eigenvalue weighted by Crippen LogP contribution is 2.09. The molecule has 1 aromatic heterocycles. The molecule has 3 amide bonds. The van der Waals surface area contributed by atoms with Gasteiger partial charge in [-0.2, -0.15) is 0 Å². The fourth-order valence-electron chi connectivity index (χ4n) is 2.15. The third-order valence-electron chi connectivity index (χ3n) is 3.50. The minimum atomic E-state index is -0.277. The number of carbonyl (C=O) groups excluding carboxylic acids is 2. The van der Waals surface area contributed by atoms with E-state index in [2.05, 4.69) is 20.9 Å². The maximum atomic E-state index is 11.9. The summed E-state index contributed by atoms with van der Waals surface area (Å²) in [6.45, 7) is 5.24. The molecule has 3 N–H and O–H groups in total. The van der Waals surface area contributed by atoms with E-state index in [1.54, 1.807) is 36.7 Å². The lowest BCUT2D eigenvalue weighted by molar-refractivity contribution is 0.0949. The molecule has 2 rings (SSSR count). The molecule has 0 aliphatic rings. The monoisotopic (exact) mass is 340 g/mol. The van der Waals surface area contributed by atoms with Gasteiger partial charge < -0.3 is 16.0 Å². The van der Waals surface area contributed by atoms with Crippen molar-refractivity contribution in [1.82, 2.24) is 15.6 Å². The molecule has 0 saturated carbocycles. The fraction of sp³-hybridized carbons (Fsp3) is 0.316. The average Bonchev–Trinajstić information content (AvgIpc) is 2.61. The third-order valence-corrected chi connectivity index (χ3v) is 3.50. The SMILES string of the molecule is CC(C)CNC(=O)c1ccc(NC(=O)NCCc2cccnc2)cc1. The molecule has 25 heavy (non-hydrogen) atoms. The van der Waals surface area contributed by atoms with Crippen LogP contribution < -0.4 is 16.0 Å². The first kappa shape index (κ1) is 18.4. The summed E-state index contributed by atoms with van der Waals surface area (Å²) in [7, 11) is 0. The van der Waals surface area contributed by atoms with E-state index in [-0.39, 0.29) is 11.9 Å². The van der Waals surface area contributed by atoms with Crippen molar-refractivity contribution in [2.75, 3.05) is 18.4 Å². The van der Waals surface area contributed by atoms with Crippen molar-refractivity contribution in [3.05, 3.63) is 59.9 Å². The Morgan fingerprint density at radius 1 is 1.08 bits per heavy atom. The predicted octanol–water partition coefficient (Wildman–Crippen LogP) is 2.83. The van der Waals surface area contributed by atoms with Crippen LogP contribution in [0, 0.1) is 5.92 Å². The van der Waals surface area contributed by atoms with Crippen LogP contribution in [0.3, 0.4) is 0 Å². The minimum absolute atomic E-state index is 0.110. The van der Waals surface area contributed by atoms with Crippen molar-refractivity contribution in [3.63, 3.8) is 0 Å². The van der Waals surface area contributed by atoms with E-state index < -0.39 is 0 Å². The Balaban J connectivity index is 1.76. The summed E-state index contributed by atoms with van der Waals surface area (Å²) in [4.78, 5) is 27.9. The Bertz CT molecular complexity index is 684. The number of aromatic nitrogens is 1. The van der Waals surface area contributed by atoms with Crippen LogP contribution in [0.15, 0.2) is 48.8 Å². The molecule has 132 valence electrons. The number of anilines is 1. The number of rotatable bonds is 7. The van der Waals surface area contributed by atoms with Crippen LogP contribution in [0.25, 0.3) is 0 Å². The van der Waals surface area contributed by atoms with Gasteiger partial charge in [-0.1, -0.05) is 19.9 Å². The van der Waals surface area contributed by atoms with Crippen LogP contribution in [0.5, 0.6) is 0 Å². The molecule has 0 saturated heterocycles. The van der Waals surface area contributed by atoms with Gasteiger partial charge in [-0.25, -0.2) is 4.79 Å². The zero-order chi connectivity index (χ0) is 18.1. The van der Waals surface area contributed by atoms with Crippen molar-refractivity contribution in [2.45, 2.75) is 20.3 Å². The van der Waals surface area contributed by atoms with Crippen LogP contribution >= 0.6 is 0 Å². The van der Waals surface area contributed by atoms with E-state index in [0.29, 0.717) is 30.3 Å². The molecule has 2 aromatic rings. The van der Waals surface area contributed by atoms with Crippen molar-refractivity contribution in [3.8, 4) is 0 Å². The zero-order valence-corrected chi connectivity index (χ0v) is 14.6. The van der Waals surface area contributed by atoms with E-state index >= 15 is 0 Å². The molecule has 1 heterocycles. The lowest BCUT2D eigenvalue weighted by Crippen LogP contribution is -2.30. The third kappa shape index (κ3) is 6.63. The first-order chi connectivity index (χ1) is 12.0. The molecule has 0 aliphatic heterocycles. The van der Waals surface area contributed by atoms with Crippen LogP contribution in [0.2, 0.25) is 0 Å². The largest absolute Gasteiger partial charge is 0.352 e. The van der Waals surface area contributed by atoms with E-state index in [9.17, 15) is 9.59 Å². The number of benzene rings is 1.